The van der Waals surface area contributed by atoms with Crippen LogP contribution in [0.4, 0.5) is 5.69 Å². The zero-order chi connectivity index (χ0) is 30.9. The summed E-state index contributed by atoms with van der Waals surface area (Å²) >= 11 is 0. The number of aromatic nitrogens is 3. The molecule has 3 aromatic heterocycles. The highest BCUT2D eigenvalue weighted by Gasteiger charge is 2.14. The molecule has 5 aromatic carbocycles. The lowest BCUT2D eigenvalue weighted by atomic mass is 9.93. The number of furan rings is 1. The number of aliphatic hydroxyl groups excluding tert-OH is 1. The van der Waals surface area contributed by atoms with Crippen LogP contribution in [-0.2, 0) is 0 Å². The minimum atomic E-state index is -0.920. The minimum absolute atomic E-state index is 0.465. The number of imidazole rings is 1. The predicted octanol–water partition coefficient (Wildman–Crippen LogP) is 9.46. The monoisotopic (exact) mass is 598 g/mol. The highest BCUT2D eigenvalue weighted by atomic mass is 16.4. The molecular weight excluding hydrogens is 568 g/mol. The van der Waals surface area contributed by atoms with Gasteiger partial charge in [0.05, 0.1) is 17.3 Å². The Morgan fingerprint density at radius 2 is 1.57 bits per heavy atom. The summed E-state index contributed by atoms with van der Waals surface area (Å²) in [6, 6.07) is 45.3. The van der Waals surface area contributed by atoms with E-state index in [1.807, 2.05) is 36.7 Å². The van der Waals surface area contributed by atoms with E-state index < -0.39 is 6.23 Å². The van der Waals surface area contributed by atoms with Gasteiger partial charge in [-0.2, -0.15) is 0 Å². The molecule has 0 radical (unpaired) electrons. The summed E-state index contributed by atoms with van der Waals surface area (Å²) in [5, 5.41) is 14.6. The Bertz CT molecular complexity index is 2280. The van der Waals surface area contributed by atoms with Crippen molar-refractivity contribution < 1.29 is 9.52 Å². The Morgan fingerprint density at radius 3 is 2.37 bits per heavy atom. The van der Waals surface area contributed by atoms with Gasteiger partial charge in [0, 0.05) is 39.6 Å². The van der Waals surface area contributed by atoms with Gasteiger partial charge >= 0.3 is 0 Å². The van der Waals surface area contributed by atoms with Crippen molar-refractivity contribution >= 4 is 39.3 Å². The number of nitrogens with zero attached hydrogens (tertiary/aromatic N) is 2. The van der Waals surface area contributed by atoms with E-state index in [2.05, 4.69) is 118 Å². The van der Waals surface area contributed by atoms with Gasteiger partial charge in [0.1, 0.15) is 6.33 Å². The fourth-order valence-electron chi connectivity index (χ4n) is 6.02. The molecule has 46 heavy (non-hydrogen) atoms. The molecule has 0 aliphatic heterocycles. The Kier molecular flexibility index (Phi) is 7.02. The Hall–Kier alpha value is -6.11. The SMILES string of the molecule is OC(Nc1ccc(-n2cnc3c(-c4ccc(/C(=C/c5c[nH]c6ccccc56)c5ccccc5)cc4)cccc32)cc1)c1ccco1. The molecule has 0 aliphatic rings. The Balaban J connectivity index is 1.10. The topological polar surface area (TPSA) is 79.0 Å². The first-order chi connectivity index (χ1) is 22.7. The summed E-state index contributed by atoms with van der Waals surface area (Å²) < 4.78 is 7.37. The molecule has 0 aliphatic carbocycles. The van der Waals surface area contributed by atoms with Gasteiger partial charge in [-0.15, -0.1) is 0 Å². The predicted molar refractivity (Wildman–Crippen MR) is 186 cm³/mol. The van der Waals surface area contributed by atoms with Crippen LogP contribution in [0.25, 0.3) is 50.4 Å². The lowest BCUT2D eigenvalue weighted by Crippen LogP contribution is -2.08. The number of anilines is 1. The van der Waals surface area contributed by atoms with Crippen LogP contribution in [0.15, 0.2) is 157 Å². The van der Waals surface area contributed by atoms with Crippen molar-refractivity contribution in [3.63, 3.8) is 0 Å². The van der Waals surface area contributed by atoms with E-state index in [0.717, 1.165) is 61.3 Å². The summed E-state index contributed by atoms with van der Waals surface area (Å²) in [6.45, 7) is 0. The van der Waals surface area contributed by atoms with E-state index >= 15 is 0 Å². The molecule has 6 nitrogen and oxygen atoms in total. The number of H-pyrrole nitrogens is 1. The van der Waals surface area contributed by atoms with Gasteiger partial charge in [0.2, 0.25) is 0 Å². The molecule has 0 saturated heterocycles. The second-order valence-corrected chi connectivity index (χ2v) is 11.2. The normalized spacial score (nSPS) is 12.5. The van der Waals surface area contributed by atoms with Gasteiger partial charge in [-0.25, -0.2) is 4.98 Å². The molecule has 8 aromatic rings. The van der Waals surface area contributed by atoms with Crippen LogP contribution in [0.5, 0.6) is 0 Å². The minimum Gasteiger partial charge on any atom is -0.465 e. The standard InChI is InChI=1S/C40H30N4O2/c45-40(38-14-7-23-46-38)43-31-19-21-32(22-20-31)44-26-42-39-34(11-6-13-37(39)44)28-15-17-29(18-16-28)35(27-8-2-1-3-9-27)24-30-25-41-36-12-5-4-10-33(30)36/h1-26,40-41,43,45H/b35-24+. The number of rotatable bonds is 8. The molecule has 6 heteroatoms. The number of fused-ring (bicyclic) bond motifs is 2. The van der Waals surface area contributed by atoms with Crippen LogP contribution in [-0.4, -0.2) is 19.6 Å². The first kappa shape index (κ1) is 27.4. The van der Waals surface area contributed by atoms with Gasteiger partial charge in [-0.3, -0.25) is 4.57 Å². The number of para-hydroxylation sites is 2. The summed E-state index contributed by atoms with van der Waals surface area (Å²) in [5.41, 5.74) is 11.6. The van der Waals surface area contributed by atoms with Gasteiger partial charge in [0.25, 0.3) is 0 Å². The zero-order valence-corrected chi connectivity index (χ0v) is 24.8. The number of aromatic amines is 1. The van der Waals surface area contributed by atoms with Crippen LogP contribution < -0.4 is 5.32 Å². The molecule has 1 atom stereocenters. The Morgan fingerprint density at radius 1 is 0.783 bits per heavy atom. The first-order valence-electron chi connectivity index (χ1n) is 15.2. The summed E-state index contributed by atoms with van der Waals surface area (Å²) in [7, 11) is 0. The lowest BCUT2D eigenvalue weighted by molar-refractivity contribution is 0.178. The van der Waals surface area contributed by atoms with E-state index in [1.54, 1.807) is 18.4 Å². The third-order valence-corrected chi connectivity index (χ3v) is 8.35. The molecule has 1 unspecified atom stereocenters. The average Bonchev–Trinajstić information content (AvgIpc) is 3.89. The largest absolute Gasteiger partial charge is 0.465 e. The van der Waals surface area contributed by atoms with Crippen LogP contribution in [0.3, 0.4) is 0 Å². The van der Waals surface area contributed by atoms with E-state index in [4.69, 9.17) is 9.40 Å². The first-order valence-corrected chi connectivity index (χ1v) is 15.2. The van der Waals surface area contributed by atoms with E-state index in [1.165, 1.54) is 5.39 Å². The highest BCUT2D eigenvalue weighted by molar-refractivity contribution is 5.99. The van der Waals surface area contributed by atoms with Crippen LogP contribution in [0.2, 0.25) is 0 Å². The van der Waals surface area contributed by atoms with E-state index in [0.29, 0.717) is 5.76 Å². The van der Waals surface area contributed by atoms with Gasteiger partial charge in [-0.05, 0) is 76.9 Å². The molecule has 0 spiro atoms. The fraction of sp³-hybridized carbons (Fsp3) is 0.0250. The van der Waals surface area contributed by atoms with Crippen molar-refractivity contribution in [2.75, 3.05) is 5.32 Å². The van der Waals surface area contributed by atoms with Crippen molar-refractivity contribution in [3.05, 3.63) is 175 Å². The molecule has 222 valence electrons. The second-order valence-electron chi connectivity index (χ2n) is 11.2. The number of nitrogens with one attached hydrogen (secondary N) is 2. The highest BCUT2D eigenvalue weighted by Crippen LogP contribution is 2.33. The second kappa shape index (κ2) is 11.8. The van der Waals surface area contributed by atoms with Crippen LogP contribution in [0, 0.1) is 0 Å². The molecule has 3 N–H and O–H groups in total. The molecule has 0 fully saturated rings. The maximum absolute atomic E-state index is 10.4. The summed E-state index contributed by atoms with van der Waals surface area (Å²) in [4.78, 5) is 8.24. The number of aliphatic hydroxyl groups is 1. The fourth-order valence-corrected chi connectivity index (χ4v) is 6.02. The summed E-state index contributed by atoms with van der Waals surface area (Å²) in [6.07, 6.45) is 6.83. The zero-order valence-electron chi connectivity index (χ0n) is 24.8. The lowest BCUT2D eigenvalue weighted by Gasteiger charge is -2.13. The van der Waals surface area contributed by atoms with Gasteiger partial charge < -0.3 is 19.8 Å². The maximum atomic E-state index is 10.4. The van der Waals surface area contributed by atoms with Crippen molar-refractivity contribution in [2.24, 2.45) is 0 Å². The van der Waals surface area contributed by atoms with Gasteiger partial charge in [-0.1, -0.05) is 84.9 Å². The third kappa shape index (κ3) is 5.17. The van der Waals surface area contributed by atoms with E-state index in [9.17, 15) is 5.11 Å². The van der Waals surface area contributed by atoms with Crippen molar-refractivity contribution in [1.82, 2.24) is 14.5 Å². The number of hydrogen-bond acceptors (Lipinski definition) is 4. The van der Waals surface area contributed by atoms with Gasteiger partial charge in [0.15, 0.2) is 12.0 Å². The van der Waals surface area contributed by atoms with E-state index in [-0.39, 0.29) is 0 Å². The molecule has 8 rings (SSSR count). The molecule has 0 amide bonds. The van der Waals surface area contributed by atoms with Crippen LogP contribution >= 0.6 is 0 Å². The molecule has 3 heterocycles. The molecule has 0 bridgehead atoms. The van der Waals surface area contributed by atoms with Crippen molar-refractivity contribution in [3.8, 4) is 16.8 Å². The number of benzene rings is 5. The molecule has 0 saturated carbocycles. The molecular formula is C40H30N4O2. The van der Waals surface area contributed by atoms with Crippen molar-refractivity contribution in [1.29, 1.82) is 0 Å². The average molecular weight is 599 g/mol. The smallest absolute Gasteiger partial charge is 0.184 e. The summed E-state index contributed by atoms with van der Waals surface area (Å²) in [5.74, 6) is 0.465. The third-order valence-electron chi connectivity index (χ3n) is 8.35. The van der Waals surface area contributed by atoms with Crippen LogP contribution in [0.1, 0.15) is 28.7 Å². The quantitative estimate of drug-likeness (QED) is 0.152. The van der Waals surface area contributed by atoms with Crippen molar-refractivity contribution in [2.45, 2.75) is 6.23 Å². The Labute approximate surface area is 265 Å². The number of hydrogen-bond donors (Lipinski definition) is 3. The maximum Gasteiger partial charge on any atom is 0.184 e.